The van der Waals surface area contributed by atoms with Crippen LogP contribution in [0.1, 0.15) is 82.6 Å². The molecule has 1 heterocycles. The Hall–Kier alpha value is -0.370. The number of carbonyl (C=O) groups excluding carboxylic acids is 1. The number of alkyl halides is 3. The SMILES string of the molecule is CC1=CC[C@H](Br)[C@@]2(C)CC[C@@H](Br)C(C)(O)CC[C@@H](C(C)(C)Br)OC(=O)c3ccc(O)c(c3)C[C@H]12. The van der Waals surface area contributed by atoms with E-state index in [-0.39, 0.29) is 26.7 Å². The largest absolute Gasteiger partial charge is 0.508 e. The van der Waals surface area contributed by atoms with E-state index in [0.29, 0.717) is 24.8 Å². The van der Waals surface area contributed by atoms with Crippen LogP contribution in [-0.4, -0.2) is 41.9 Å². The highest BCUT2D eigenvalue weighted by molar-refractivity contribution is 9.10. The Labute approximate surface area is 229 Å². The number of phenolic OH excluding ortho intramolecular Hbond substituents is 1. The van der Waals surface area contributed by atoms with Gasteiger partial charge in [0, 0.05) is 9.65 Å². The first kappa shape index (κ1) is 28.2. The van der Waals surface area contributed by atoms with Gasteiger partial charge in [-0.3, -0.25) is 0 Å². The summed E-state index contributed by atoms with van der Waals surface area (Å²) < 4.78 is 5.49. The number of aromatic hydroxyl groups is 1. The number of esters is 1. The fourth-order valence-electron chi connectivity index (χ4n) is 5.33. The number of carbonyl (C=O) groups is 1. The van der Waals surface area contributed by atoms with Gasteiger partial charge in [-0.2, -0.15) is 0 Å². The summed E-state index contributed by atoms with van der Waals surface area (Å²) in [7, 11) is 0. The molecule has 6 atom stereocenters. The fraction of sp³-hybridized carbons (Fsp3) is 0.667. The second-order valence-corrected chi connectivity index (χ2v) is 15.4. The molecule has 0 aromatic heterocycles. The van der Waals surface area contributed by atoms with Gasteiger partial charge < -0.3 is 14.9 Å². The molecule has 0 saturated heterocycles. The number of allylic oxidation sites excluding steroid dienone is 2. The lowest BCUT2D eigenvalue weighted by Gasteiger charge is -2.46. The Morgan fingerprint density at radius 2 is 1.79 bits per heavy atom. The van der Waals surface area contributed by atoms with Gasteiger partial charge in [0.05, 0.1) is 15.5 Å². The molecule has 0 fully saturated rings. The first-order valence-corrected chi connectivity index (χ1v) is 14.7. The Morgan fingerprint density at radius 3 is 2.44 bits per heavy atom. The normalized spacial score (nSPS) is 35.9. The van der Waals surface area contributed by atoms with Crippen LogP contribution in [0, 0.1) is 11.3 Å². The lowest BCUT2D eigenvalue weighted by Crippen LogP contribution is -2.43. The molecule has 1 unspecified atom stereocenters. The number of fused-ring (bicyclic) bond motifs is 3. The molecule has 1 aliphatic heterocycles. The second kappa shape index (κ2) is 10.5. The van der Waals surface area contributed by atoms with Crippen LogP contribution in [0.15, 0.2) is 29.8 Å². The predicted molar refractivity (Wildman–Crippen MR) is 149 cm³/mol. The van der Waals surface area contributed by atoms with E-state index in [1.807, 2.05) is 20.8 Å². The van der Waals surface area contributed by atoms with Gasteiger partial charge in [-0.15, -0.1) is 0 Å². The van der Waals surface area contributed by atoms with Crippen molar-refractivity contribution >= 4 is 53.8 Å². The van der Waals surface area contributed by atoms with Gasteiger partial charge >= 0.3 is 5.97 Å². The minimum Gasteiger partial charge on any atom is -0.508 e. The summed E-state index contributed by atoms with van der Waals surface area (Å²) in [5, 5.41) is 22.0. The van der Waals surface area contributed by atoms with Crippen LogP contribution >= 0.6 is 47.8 Å². The molecular weight excluding hydrogens is 628 g/mol. The average Bonchev–Trinajstić information content (AvgIpc) is 2.75. The topological polar surface area (TPSA) is 66.8 Å². The standard InChI is InChI=1S/C27H37Br3O4/c1-16-6-9-21(28)26(4)12-10-22(29)27(5,33)13-11-23(25(2,3)30)34-24(32)17-7-8-20(31)18(14-17)15-19(16)26/h6-8,14,19,21-23,31,33H,9-13,15H2,1-5H3/t19-,21+,22-,23+,26+,27?/m1/s1. The molecule has 0 saturated carbocycles. The number of hydrogen-bond donors (Lipinski definition) is 2. The number of aliphatic hydroxyl groups is 1. The minimum absolute atomic E-state index is 0.0789. The Morgan fingerprint density at radius 1 is 1.12 bits per heavy atom. The van der Waals surface area contributed by atoms with Gasteiger partial charge in [-0.05, 0) is 101 Å². The number of benzene rings is 1. The monoisotopic (exact) mass is 662 g/mol. The highest BCUT2D eigenvalue weighted by Crippen LogP contribution is 2.51. The molecule has 190 valence electrons. The molecule has 2 bridgehead atoms. The first-order chi connectivity index (χ1) is 15.6. The zero-order valence-corrected chi connectivity index (χ0v) is 25.5. The lowest BCUT2D eigenvalue weighted by molar-refractivity contribution is 0.0000609. The number of ether oxygens (including phenoxy) is 1. The van der Waals surface area contributed by atoms with Crippen molar-refractivity contribution in [2.75, 3.05) is 0 Å². The van der Waals surface area contributed by atoms with Gasteiger partial charge in [0.25, 0.3) is 0 Å². The number of halogens is 3. The molecular formula is C27H37Br3O4. The average molecular weight is 665 g/mol. The van der Waals surface area contributed by atoms with E-state index in [9.17, 15) is 15.0 Å². The van der Waals surface area contributed by atoms with Crippen LogP contribution in [0.2, 0.25) is 0 Å². The third-order valence-corrected chi connectivity index (χ3v) is 11.4. The number of cyclic esters (lactones) is 1. The Balaban J connectivity index is 2.07. The molecule has 3 rings (SSSR count). The number of rotatable bonds is 1. The number of phenols is 1. The fourth-order valence-corrected chi connectivity index (χ4v) is 6.84. The smallest absolute Gasteiger partial charge is 0.338 e. The van der Waals surface area contributed by atoms with E-state index in [1.54, 1.807) is 18.2 Å². The van der Waals surface area contributed by atoms with Crippen molar-refractivity contribution in [3.63, 3.8) is 0 Å². The van der Waals surface area contributed by atoms with Crippen molar-refractivity contribution in [2.24, 2.45) is 11.3 Å². The third kappa shape index (κ3) is 6.12. The minimum atomic E-state index is -0.952. The van der Waals surface area contributed by atoms with Crippen molar-refractivity contribution in [1.82, 2.24) is 0 Å². The van der Waals surface area contributed by atoms with E-state index in [1.165, 1.54) is 5.57 Å². The van der Waals surface area contributed by atoms with Crippen LogP contribution in [-0.2, 0) is 11.2 Å². The summed E-state index contributed by atoms with van der Waals surface area (Å²) in [5.74, 6) is -0.0288. The second-order valence-electron chi connectivity index (χ2n) is 11.1. The van der Waals surface area contributed by atoms with E-state index in [0.717, 1.165) is 24.8 Å². The van der Waals surface area contributed by atoms with E-state index in [4.69, 9.17) is 4.74 Å². The van der Waals surface area contributed by atoms with E-state index >= 15 is 0 Å². The van der Waals surface area contributed by atoms with Crippen LogP contribution in [0.25, 0.3) is 0 Å². The van der Waals surface area contributed by atoms with Crippen molar-refractivity contribution in [3.05, 3.63) is 41.0 Å². The molecule has 0 amide bonds. The molecule has 1 aromatic rings. The van der Waals surface area contributed by atoms with Crippen LogP contribution in [0.3, 0.4) is 0 Å². The molecule has 7 heteroatoms. The van der Waals surface area contributed by atoms with Gasteiger partial charge in [0.15, 0.2) is 0 Å². The molecule has 34 heavy (non-hydrogen) atoms. The highest BCUT2D eigenvalue weighted by atomic mass is 79.9. The van der Waals surface area contributed by atoms with Gasteiger partial charge in [-0.25, -0.2) is 4.79 Å². The van der Waals surface area contributed by atoms with Crippen LogP contribution in [0.4, 0.5) is 0 Å². The molecule has 0 spiro atoms. The third-order valence-electron chi connectivity index (χ3n) is 7.99. The van der Waals surface area contributed by atoms with Gasteiger partial charge in [0.1, 0.15) is 11.9 Å². The van der Waals surface area contributed by atoms with Gasteiger partial charge in [-0.1, -0.05) is 66.4 Å². The Kier molecular flexibility index (Phi) is 8.75. The van der Waals surface area contributed by atoms with Gasteiger partial charge in [0.2, 0.25) is 0 Å². The van der Waals surface area contributed by atoms with Crippen molar-refractivity contribution in [3.8, 4) is 5.75 Å². The summed E-state index contributed by atoms with van der Waals surface area (Å²) >= 11 is 11.4. The molecule has 2 aliphatic rings. The van der Waals surface area contributed by atoms with Crippen LogP contribution in [0.5, 0.6) is 5.75 Å². The maximum absolute atomic E-state index is 13.2. The van der Waals surface area contributed by atoms with E-state index in [2.05, 4.69) is 67.7 Å². The van der Waals surface area contributed by atoms with E-state index < -0.39 is 22.0 Å². The molecule has 1 aliphatic carbocycles. The van der Waals surface area contributed by atoms with Crippen molar-refractivity contribution in [1.29, 1.82) is 0 Å². The zero-order chi connectivity index (χ0) is 25.5. The van der Waals surface area contributed by atoms with Crippen molar-refractivity contribution < 1.29 is 19.7 Å². The predicted octanol–water partition coefficient (Wildman–Crippen LogP) is 7.46. The molecule has 2 N–H and O–H groups in total. The highest BCUT2D eigenvalue weighted by Gasteiger charge is 2.45. The lowest BCUT2D eigenvalue weighted by atomic mass is 9.62. The van der Waals surface area contributed by atoms with Crippen molar-refractivity contribution in [2.45, 2.75) is 98.8 Å². The summed E-state index contributed by atoms with van der Waals surface area (Å²) in [4.78, 5) is 13.3. The first-order valence-electron chi connectivity index (χ1n) is 12.0. The summed E-state index contributed by atoms with van der Waals surface area (Å²) in [5.41, 5.74) is 1.46. The maximum atomic E-state index is 13.2. The summed E-state index contributed by atoms with van der Waals surface area (Å²) in [6.45, 7) is 10.3. The molecule has 0 radical (unpaired) electrons. The number of hydrogen-bond acceptors (Lipinski definition) is 4. The summed E-state index contributed by atoms with van der Waals surface area (Å²) in [6, 6.07) is 5.01. The zero-order valence-electron chi connectivity index (χ0n) is 20.7. The molecule has 1 aromatic carbocycles. The quantitative estimate of drug-likeness (QED) is 0.186. The maximum Gasteiger partial charge on any atom is 0.338 e. The van der Waals surface area contributed by atoms with Crippen LogP contribution < -0.4 is 0 Å². The Bertz CT molecular complexity index is 936. The molecule has 4 nitrogen and oxygen atoms in total. The summed E-state index contributed by atoms with van der Waals surface area (Å²) in [6.07, 6.45) is 6.16.